The maximum atomic E-state index is 2.79. The molecule has 1 heteroatoms. The van der Waals surface area contributed by atoms with Crippen LogP contribution in [0.5, 0.6) is 0 Å². The normalized spacial score (nSPS) is 25.5. The maximum Gasteiger partial charge on any atom is 0.0323 e. The average molecular weight is 305 g/mol. The van der Waals surface area contributed by atoms with Crippen LogP contribution in [0.2, 0.25) is 0 Å². The number of benzene rings is 2. The average Bonchev–Trinajstić information content (AvgIpc) is 2.54. The summed E-state index contributed by atoms with van der Waals surface area (Å²) in [7, 11) is 0. The predicted octanol–water partition coefficient (Wildman–Crippen LogP) is 4.94. The minimum Gasteiger partial charge on any atom is -0.293 e. The van der Waals surface area contributed by atoms with Gasteiger partial charge in [0.15, 0.2) is 0 Å². The highest BCUT2D eigenvalue weighted by atomic mass is 15.2. The highest BCUT2D eigenvalue weighted by Crippen LogP contribution is 2.36. The fourth-order valence-corrected chi connectivity index (χ4v) is 4.63. The van der Waals surface area contributed by atoms with Crippen LogP contribution in [0.3, 0.4) is 0 Å². The summed E-state index contributed by atoms with van der Waals surface area (Å²) in [5.74, 6) is 0.819. The lowest BCUT2D eigenvalue weighted by atomic mass is 9.79. The highest BCUT2D eigenvalue weighted by Gasteiger charge is 2.34. The van der Waals surface area contributed by atoms with E-state index in [0.717, 1.165) is 5.92 Å². The Morgan fingerprint density at radius 2 is 1.74 bits per heavy atom. The maximum absolute atomic E-state index is 2.79. The lowest BCUT2D eigenvalue weighted by molar-refractivity contribution is 0.0642. The quantitative estimate of drug-likeness (QED) is 0.760. The highest BCUT2D eigenvalue weighted by molar-refractivity contribution is 5.31. The van der Waals surface area contributed by atoms with Crippen LogP contribution in [0.4, 0.5) is 0 Å². The molecule has 0 spiro atoms. The van der Waals surface area contributed by atoms with Gasteiger partial charge in [-0.05, 0) is 62.1 Å². The number of nitrogens with zero attached hydrogens (tertiary/aromatic N) is 1. The van der Waals surface area contributed by atoms with Crippen LogP contribution >= 0.6 is 0 Å². The molecule has 0 aromatic heterocycles. The van der Waals surface area contributed by atoms with Gasteiger partial charge >= 0.3 is 0 Å². The minimum absolute atomic E-state index is 0.521. The molecule has 1 nitrogen and oxygen atoms in total. The molecular weight excluding hydrogens is 278 g/mol. The second-order valence-corrected chi connectivity index (χ2v) is 7.56. The zero-order chi connectivity index (χ0) is 15.8. The molecular formula is C22H27N. The van der Waals surface area contributed by atoms with Crippen molar-refractivity contribution >= 4 is 0 Å². The van der Waals surface area contributed by atoms with Gasteiger partial charge in [-0.15, -0.1) is 0 Å². The second kappa shape index (κ2) is 6.13. The molecule has 2 heterocycles. The molecule has 1 aliphatic carbocycles. The molecule has 2 aromatic rings. The summed E-state index contributed by atoms with van der Waals surface area (Å²) in [5.41, 5.74) is 6.04. The number of hydrogen-bond donors (Lipinski definition) is 0. The van der Waals surface area contributed by atoms with E-state index in [0.29, 0.717) is 12.1 Å². The number of hydrogen-bond acceptors (Lipinski definition) is 1. The Morgan fingerprint density at radius 3 is 2.52 bits per heavy atom. The molecule has 3 atom stereocenters. The molecule has 3 aliphatic rings. The summed E-state index contributed by atoms with van der Waals surface area (Å²) in [5, 5.41) is 0. The third-order valence-corrected chi connectivity index (χ3v) is 5.95. The minimum atomic E-state index is 0.521. The van der Waals surface area contributed by atoms with Gasteiger partial charge in [0.1, 0.15) is 0 Å². The van der Waals surface area contributed by atoms with Crippen LogP contribution in [-0.2, 0) is 12.8 Å². The molecule has 23 heavy (non-hydrogen) atoms. The van der Waals surface area contributed by atoms with E-state index >= 15 is 0 Å². The first-order chi connectivity index (χ1) is 11.2. The van der Waals surface area contributed by atoms with Crippen LogP contribution in [0.15, 0.2) is 48.5 Å². The van der Waals surface area contributed by atoms with Crippen molar-refractivity contribution < 1.29 is 0 Å². The fourth-order valence-electron chi connectivity index (χ4n) is 4.63. The van der Waals surface area contributed by atoms with Crippen molar-refractivity contribution in [1.29, 1.82) is 0 Å². The summed E-state index contributed by atoms with van der Waals surface area (Å²) >= 11 is 0. The van der Waals surface area contributed by atoms with E-state index in [1.807, 2.05) is 0 Å². The van der Waals surface area contributed by atoms with E-state index in [4.69, 9.17) is 0 Å². The summed E-state index contributed by atoms with van der Waals surface area (Å²) in [6.45, 7) is 5.86. The second-order valence-electron chi connectivity index (χ2n) is 7.56. The van der Waals surface area contributed by atoms with Crippen LogP contribution in [0, 0.1) is 12.8 Å². The van der Waals surface area contributed by atoms with Gasteiger partial charge in [-0.3, -0.25) is 4.90 Å². The van der Waals surface area contributed by atoms with Crippen LogP contribution in [0.25, 0.3) is 0 Å². The molecule has 2 aromatic carbocycles. The van der Waals surface area contributed by atoms with Gasteiger partial charge in [-0.25, -0.2) is 0 Å². The Morgan fingerprint density at radius 1 is 0.957 bits per heavy atom. The number of aryl methyl sites for hydroxylation is 1. The smallest absolute Gasteiger partial charge is 0.0323 e. The summed E-state index contributed by atoms with van der Waals surface area (Å²) in [4.78, 5) is 2.79. The molecule has 0 saturated carbocycles. The Balaban J connectivity index is 1.64. The zero-order valence-electron chi connectivity index (χ0n) is 14.3. The van der Waals surface area contributed by atoms with Gasteiger partial charge in [0.25, 0.3) is 0 Å². The Hall–Kier alpha value is -1.60. The van der Waals surface area contributed by atoms with E-state index in [-0.39, 0.29) is 0 Å². The SMILES string of the molecule is Cc1cccc(C(C)N2CC3CCC2Cc2ccccc2C3)c1. The third kappa shape index (κ3) is 2.95. The van der Waals surface area contributed by atoms with E-state index in [1.54, 1.807) is 11.1 Å². The van der Waals surface area contributed by atoms with Crippen molar-refractivity contribution in [2.24, 2.45) is 5.92 Å². The number of piperidine rings is 1. The fraction of sp³-hybridized carbons (Fsp3) is 0.455. The lowest BCUT2D eigenvalue weighted by Gasteiger charge is -2.45. The van der Waals surface area contributed by atoms with Crippen molar-refractivity contribution in [3.8, 4) is 0 Å². The van der Waals surface area contributed by atoms with E-state index in [2.05, 4.69) is 67.3 Å². The van der Waals surface area contributed by atoms with Gasteiger partial charge in [-0.2, -0.15) is 0 Å². The molecule has 120 valence electrons. The molecule has 2 aliphatic heterocycles. The van der Waals surface area contributed by atoms with Gasteiger partial charge in [0.2, 0.25) is 0 Å². The Bertz CT molecular complexity index is 690. The van der Waals surface area contributed by atoms with Crippen molar-refractivity contribution in [3.63, 3.8) is 0 Å². The van der Waals surface area contributed by atoms with Crippen molar-refractivity contribution in [1.82, 2.24) is 4.90 Å². The van der Waals surface area contributed by atoms with Crippen LogP contribution in [0.1, 0.15) is 48.1 Å². The Labute approximate surface area is 140 Å². The molecule has 3 unspecified atom stereocenters. The third-order valence-electron chi connectivity index (χ3n) is 5.95. The first-order valence-corrected chi connectivity index (χ1v) is 9.10. The van der Waals surface area contributed by atoms with Crippen LogP contribution in [-0.4, -0.2) is 17.5 Å². The van der Waals surface area contributed by atoms with Crippen molar-refractivity contribution in [3.05, 3.63) is 70.8 Å². The van der Waals surface area contributed by atoms with Crippen LogP contribution < -0.4 is 0 Å². The molecule has 1 saturated heterocycles. The standard InChI is InChI=1S/C22H27N/c1-16-6-5-9-19(12-16)17(2)23-15-18-10-11-22(23)14-21-8-4-3-7-20(21)13-18/h3-9,12,17-18,22H,10-11,13-15H2,1-2H3. The van der Waals surface area contributed by atoms with Gasteiger partial charge in [0, 0.05) is 18.6 Å². The Kier molecular flexibility index (Phi) is 3.98. The van der Waals surface area contributed by atoms with E-state index in [1.165, 1.54) is 43.4 Å². The largest absolute Gasteiger partial charge is 0.293 e. The van der Waals surface area contributed by atoms with Crippen molar-refractivity contribution in [2.75, 3.05) is 6.54 Å². The molecule has 1 fully saturated rings. The van der Waals surface area contributed by atoms with E-state index < -0.39 is 0 Å². The monoisotopic (exact) mass is 305 g/mol. The molecule has 0 N–H and O–H groups in total. The summed E-state index contributed by atoms with van der Waals surface area (Å²) in [6, 6.07) is 19.4. The topological polar surface area (TPSA) is 3.24 Å². The van der Waals surface area contributed by atoms with Crippen molar-refractivity contribution in [2.45, 2.75) is 51.6 Å². The molecule has 5 rings (SSSR count). The number of rotatable bonds is 2. The molecule has 2 bridgehead atoms. The lowest BCUT2D eigenvalue weighted by Crippen LogP contribution is -2.47. The zero-order valence-corrected chi connectivity index (χ0v) is 14.3. The molecule has 0 radical (unpaired) electrons. The van der Waals surface area contributed by atoms with Gasteiger partial charge in [0.05, 0.1) is 0 Å². The first-order valence-electron chi connectivity index (χ1n) is 9.10. The molecule has 0 amide bonds. The first kappa shape index (κ1) is 15.0. The van der Waals surface area contributed by atoms with Gasteiger partial charge in [-0.1, -0.05) is 54.1 Å². The summed E-state index contributed by atoms with van der Waals surface area (Å²) < 4.78 is 0. The van der Waals surface area contributed by atoms with E-state index in [9.17, 15) is 0 Å². The summed E-state index contributed by atoms with van der Waals surface area (Å²) in [6.07, 6.45) is 5.24. The number of fused-ring (bicyclic) bond motifs is 2. The van der Waals surface area contributed by atoms with Gasteiger partial charge < -0.3 is 0 Å². The predicted molar refractivity (Wildman–Crippen MR) is 96.7 cm³/mol.